The molecule has 2 N–H and O–H groups in total. The van der Waals surface area contributed by atoms with Gasteiger partial charge in [0.15, 0.2) is 5.96 Å². The summed E-state index contributed by atoms with van der Waals surface area (Å²) in [5.41, 5.74) is 6.02. The lowest BCUT2D eigenvalue weighted by atomic mass is 10.2. The first-order chi connectivity index (χ1) is 6.66. The molecule has 0 unspecified atom stereocenters. The molecule has 3 nitrogen and oxygen atoms in total. The Bertz CT molecular complexity index is 227. The molecule has 0 heterocycles. The van der Waals surface area contributed by atoms with E-state index in [-0.39, 0.29) is 0 Å². The maximum Gasteiger partial charge on any atom is 0.191 e. The summed E-state index contributed by atoms with van der Waals surface area (Å²) in [5, 5.41) is 0. The van der Waals surface area contributed by atoms with Gasteiger partial charge in [-0.1, -0.05) is 13.8 Å². The summed E-state index contributed by atoms with van der Waals surface area (Å²) in [5.74, 6) is 1.47. The van der Waals surface area contributed by atoms with Crippen LogP contribution in [-0.2, 0) is 0 Å². The third-order valence-corrected chi connectivity index (χ3v) is 2.71. The van der Waals surface area contributed by atoms with Crippen molar-refractivity contribution in [3.63, 3.8) is 0 Å². The van der Waals surface area contributed by atoms with Crippen LogP contribution < -0.4 is 5.73 Å². The fourth-order valence-corrected chi connectivity index (χ4v) is 1.67. The lowest BCUT2D eigenvalue weighted by Gasteiger charge is -2.25. The SMILES string of the molecule is CC(C)CN(C(N)=NC1CC1)C1CC1. The van der Waals surface area contributed by atoms with E-state index in [9.17, 15) is 0 Å². The van der Waals surface area contributed by atoms with Crippen molar-refractivity contribution >= 4 is 5.96 Å². The smallest absolute Gasteiger partial charge is 0.191 e. The molecule has 0 aliphatic heterocycles. The summed E-state index contributed by atoms with van der Waals surface area (Å²) < 4.78 is 0. The predicted octanol–water partition coefficient (Wildman–Crippen LogP) is 1.58. The molecular weight excluding hydrogens is 174 g/mol. The zero-order valence-electron chi connectivity index (χ0n) is 9.24. The monoisotopic (exact) mass is 195 g/mol. The third kappa shape index (κ3) is 2.63. The highest BCUT2D eigenvalue weighted by Crippen LogP contribution is 2.29. The van der Waals surface area contributed by atoms with Crippen LogP contribution in [0, 0.1) is 5.92 Å². The number of nitrogens with two attached hydrogens (primary N) is 1. The van der Waals surface area contributed by atoms with Crippen LogP contribution in [-0.4, -0.2) is 29.5 Å². The second-order valence-corrected chi connectivity index (χ2v) is 5.00. The number of hydrogen-bond acceptors (Lipinski definition) is 1. The number of rotatable bonds is 4. The van der Waals surface area contributed by atoms with E-state index in [1.54, 1.807) is 0 Å². The first kappa shape index (κ1) is 9.81. The van der Waals surface area contributed by atoms with Crippen LogP contribution in [0.2, 0.25) is 0 Å². The summed E-state index contributed by atoms with van der Waals surface area (Å²) in [7, 11) is 0. The first-order valence-electron chi connectivity index (χ1n) is 5.76. The Kier molecular flexibility index (Phi) is 2.66. The van der Waals surface area contributed by atoms with Crippen molar-refractivity contribution < 1.29 is 0 Å². The molecule has 3 heteroatoms. The predicted molar refractivity (Wildman–Crippen MR) is 59.2 cm³/mol. The second kappa shape index (κ2) is 3.79. The van der Waals surface area contributed by atoms with E-state index in [1.807, 2.05) is 0 Å². The molecule has 0 radical (unpaired) electrons. The highest BCUT2D eigenvalue weighted by molar-refractivity contribution is 5.79. The van der Waals surface area contributed by atoms with E-state index in [4.69, 9.17) is 5.73 Å². The zero-order valence-corrected chi connectivity index (χ0v) is 9.24. The van der Waals surface area contributed by atoms with E-state index in [0.29, 0.717) is 18.0 Å². The molecule has 0 atom stereocenters. The Morgan fingerprint density at radius 1 is 1.36 bits per heavy atom. The van der Waals surface area contributed by atoms with Crippen LogP contribution in [0.25, 0.3) is 0 Å². The van der Waals surface area contributed by atoms with Gasteiger partial charge in [-0.3, -0.25) is 0 Å². The average Bonchev–Trinajstić information content (AvgIpc) is 2.93. The summed E-state index contributed by atoms with van der Waals surface area (Å²) in [4.78, 5) is 6.83. The van der Waals surface area contributed by atoms with Gasteiger partial charge in [-0.25, -0.2) is 4.99 Å². The van der Waals surface area contributed by atoms with Crippen molar-refractivity contribution in [2.45, 2.75) is 51.6 Å². The summed E-state index contributed by atoms with van der Waals surface area (Å²) in [6.45, 7) is 5.53. The second-order valence-electron chi connectivity index (χ2n) is 5.00. The first-order valence-corrected chi connectivity index (χ1v) is 5.76. The van der Waals surface area contributed by atoms with Crippen LogP contribution in [0.5, 0.6) is 0 Å². The van der Waals surface area contributed by atoms with Crippen LogP contribution in [0.15, 0.2) is 4.99 Å². The molecule has 2 rings (SSSR count). The van der Waals surface area contributed by atoms with E-state index >= 15 is 0 Å². The minimum Gasteiger partial charge on any atom is -0.370 e. The summed E-state index contributed by atoms with van der Waals surface area (Å²) >= 11 is 0. The zero-order chi connectivity index (χ0) is 10.1. The average molecular weight is 195 g/mol. The topological polar surface area (TPSA) is 41.6 Å². The Hall–Kier alpha value is -0.730. The van der Waals surface area contributed by atoms with E-state index in [1.165, 1.54) is 25.7 Å². The maximum absolute atomic E-state index is 6.02. The minimum atomic E-state index is 0.545. The fourth-order valence-electron chi connectivity index (χ4n) is 1.67. The van der Waals surface area contributed by atoms with Gasteiger partial charge in [0.1, 0.15) is 0 Å². The standard InChI is InChI=1S/C11H21N3/c1-8(2)7-14(10-5-6-10)11(12)13-9-3-4-9/h8-10H,3-7H2,1-2H3,(H2,12,13). The van der Waals surface area contributed by atoms with Crippen LogP contribution in [0.1, 0.15) is 39.5 Å². The molecule has 0 aromatic carbocycles. The van der Waals surface area contributed by atoms with Gasteiger partial charge in [-0.15, -0.1) is 0 Å². The molecule has 0 aromatic rings. The Morgan fingerprint density at radius 2 is 2.00 bits per heavy atom. The van der Waals surface area contributed by atoms with E-state index in [2.05, 4.69) is 23.7 Å². The van der Waals surface area contributed by atoms with Crippen molar-refractivity contribution in [3.05, 3.63) is 0 Å². The molecule has 0 spiro atoms. The molecule has 2 aliphatic rings. The minimum absolute atomic E-state index is 0.545. The highest BCUT2D eigenvalue weighted by atomic mass is 15.3. The molecule has 2 aliphatic carbocycles. The molecule has 0 saturated heterocycles. The quantitative estimate of drug-likeness (QED) is 0.546. The van der Waals surface area contributed by atoms with Gasteiger partial charge in [0.25, 0.3) is 0 Å². The van der Waals surface area contributed by atoms with E-state index < -0.39 is 0 Å². The third-order valence-electron chi connectivity index (χ3n) is 2.71. The number of nitrogens with zero attached hydrogens (tertiary/aromatic N) is 2. The number of guanidine groups is 1. The molecule has 0 aromatic heterocycles. The van der Waals surface area contributed by atoms with Gasteiger partial charge in [-0.05, 0) is 31.6 Å². The number of aliphatic imine (C=N–C) groups is 1. The molecule has 14 heavy (non-hydrogen) atoms. The maximum atomic E-state index is 6.02. The summed E-state index contributed by atoms with van der Waals surface area (Å²) in [6.07, 6.45) is 5.07. The fraction of sp³-hybridized carbons (Fsp3) is 0.909. The van der Waals surface area contributed by atoms with Crippen LogP contribution >= 0.6 is 0 Å². The molecule has 2 saturated carbocycles. The van der Waals surface area contributed by atoms with Crippen molar-refractivity contribution in [3.8, 4) is 0 Å². The van der Waals surface area contributed by atoms with E-state index in [0.717, 1.165) is 12.5 Å². The Balaban J connectivity index is 1.93. The Morgan fingerprint density at radius 3 is 2.43 bits per heavy atom. The lowest BCUT2D eigenvalue weighted by Crippen LogP contribution is -2.41. The van der Waals surface area contributed by atoms with Gasteiger partial charge in [-0.2, -0.15) is 0 Å². The number of hydrogen-bond donors (Lipinski definition) is 1. The van der Waals surface area contributed by atoms with Crippen LogP contribution in [0.4, 0.5) is 0 Å². The molecule has 2 fully saturated rings. The van der Waals surface area contributed by atoms with Gasteiger partial charge in [0.05, 0.1) is 6.04 Å². The Labute approximate surface area is 86.4 Å². The van der Waals surface area contributed by atoms with Gasteiger partial charge in [0.2, 0.25) is 0 Å². The van der Waals surface area contributed by atoms with Gasteiger partial charge in [0, 0.05) is 12.6 Å². The molecule has 80 valence electrons. The van der Waals surface area contributed by atoms with Crippen molar-refractivity contribution in [2.24, 2.45) is 16.6 Å². The van der Waals surface area contributed by atoms with Crippen LogP contribution in [0.3, 0.4) is 0 Å². The molecular formula is C11H21N3. The van der Waals surface area contributed by atoms with Gasteiger partial charge < -0.3 is 10.6 Å². The highest BCUT2D eigenvalue weighted by Gasteiger charge is 2.32. The van der Waals surface area contributed by atoms with Crippen molar-refractivity contribution in [2.75, 3.05) is 6.54 Å². The molecule has 0 amide bonds. The van der Waals surface area contributed by atoms with Crippen molar-refractivity contribution in [1.82, 2.24) is 4.90 Å². The van der Waals surface area contributed by atoms with Crippen molar-refractivity contribution in [1.29, 1.82) is 0 Å². The normalized spacial score (nSPS) is 22.9. The molecule has 0 bridgehead atoms. The lowest BCUT2D eigenvalue weighted by molar-refractivity contribution is 0.352. The largest absolute Gasteiger partial charge is 0.370 e. The summed E-state index contributed by atoms with van der Waals surface area (Å²) in [6, 6.07) is 1.24. The van der Waals surface area contributed by atoms with Gasteiger partial charge >= 0.3 is 0 Å².